The Bertz CT molecular complexity index is 941. The summed E-state index contributed by atoms with van der Waals surface area (Å²) in [7, 11) is 0. The van der Waals surface area contributed by atoms with Crippen molar-refractivity contribution in [3.8, 4) is 11.4 Å². The zero-order valence-corrected chi connectivity index (χ0v) is 18.2. The third kappa shape index (κ3) is 5.18. The number of piperazine rings is 1. The van der Waals surface area contributed by atoms with Gasteiger partial charge in [-0.2, -0.15) is 0 Å². The van der Waals surface area contributed by atoms with Crippen LogP contribution in [0.3, 0.4) is 0 Å². The predicted octanol–water partition coefficient (Wildman–Crippen LogP) is 4.10. The Morgan fingerprint density at radius 2 is 1.69 bits per heavy atom. The molecule has 0 atom stereocenters. The topological polar surface area (TPSA) is 57.2 Å². The van der Waals surface area contributed by atoms with Crippen molar-refractivity contribution in [3.63, 3.8) is 0 Å². The maximum Gasteiger partial charge on any atom is 0.227 e. The number of nitrogens with zero attached hydrogens (tertiary/aromatic N) is 5. The minimum atomic E-state index is 0.595. The molecule has 0 unspecified atom stereocenters. The minimum Gasteiger partial charge on any atom is -0.324 e. The van der Waals surface area contributed by atoms with Crippen LogP contribution in [0.2, 0.25) is 0 Å². The van der Waals surface area contributed by atoms with Gasteiger partial charge in [-0.25, -0.2) is 15.0 Å². The van der Waals surface area contributed by atoms with Crippen LogP contribution in [0.25, 0.3) is 11.4 Å². The van der Waals surface area contributed by atoms with Gasteiger partial charge in [-0.3, -0.25) is 4.90 Å². The molecule has 1 fully saturated rings. The molecule has 0 bridgehead atoms. The molecule has 3 heterocycles. The molecule has 0 aliphatic carbocycles. The monoisotopic (exact) mass is 408 g/mol. The van der Waals surface area contributed by atoms with Gasteiger partial charge < -0.3 is 10.2 Å². The average molecular weight is 409 g/mol. The van der Waals surface area contributed by atoms with Crippen LogP contribution in [0.15, 0.2) is 35.8 Å². The summed E-state index contributed by atoms with van der Waals surface area (Å²) in [5.41, 5.74) is 5.21. The second-order valence-electron chi connectivity index (χ2n) is 7.60. The van der Waals surface area contributed by atoms with Gasteiger partial charge in [0, 0.05) is 43.4 Å². The van der Waals surface area contributed by atoms with Gasteiger partial charge in [0.2, 0.25) is 5.95 Å². The molecule has 0 spiro atoms. The van der Waals surface area contributed by atoms with Gasteiger partial charge in [0.05, 0.1) is 12.2 Å². The number of anilines is 2. The molecule has 1 aromatic carbocycles. The first kappa shape index (κ1) is 19.9. The van der Waals surface area contributed by atoms with E-state index < -0.39 is 0 Å². The minimum absolute atomic E-state index is 0.595. The molecule has 1 saturated heterocycles. The number of aromatic nitrogens is 3. The van der Waals surface area contributed by atoms with Crippen LogP contribution in [0, 0.1) is 13.8 Å². The Balaban J connectivity index is 1.43. The van der Waals surface area contributed by atoms with Gasteiger partial charge in [-0.05, 0) is 49.7 Å². The van der Waals surface area contributed by atoms with Gasteiger partial charge in [0.1, 0.15) is 10.7 Å². The predicted molar refractivity (Wildman–Crippen MR) is 120 cm³/mol. The SMILES string of the molecule is CCN1CCN(Cc2nc(-c3ccnc(Nc4cc(C)cc(C)c4)n3)cs2)CC1. The van der Waals surface area contributed by atoms with E-state index in [-0.39, 0.29) is 0 Å². The summed E-state index contributed by atoms with van der Waals surface area (Å²) in [6, 6.07) is 8.28. The highest BCUT2D eigenvalue weighted by Gasteiger charge is 2.17. The Labute approximate surface area is 176 Å². The largest absolute Gasteiger partial charge is 0.324 e. The van der Waals surface area contributed by atoms with Crippen LogP contribution < -0.4 is 5.32 Å². The van der Waals surface area contributed by atoms with Crippen LogP contribution in [-0.4, -0.2) is 57.5 Å². The maximum absolute atomic E-state index is 4.84. The lowest BCUT2D eigenvalue weighted by Gasteiger charge is -2.33. The third-order valence-electron chi connectivity index (χ3n) is 5.22. The maximum atomic E-state index is 4.84. The van der Waals surface area contributed by atoms with Crippen molar-refractivity contribution in [2.24, 2.45) is 0 Å². The molecule has 4 rings (SSSR count). The van der Waals surface area contributed by atoms with Crippen molar-refractivity contribution in [1.29, 1.82) is 0 Å². The first-order valence-corrected chi connectivity index (χ1v) is 11.0. The molecular formula is C22H28N6S. The zero-order valence-electron chi connectivity index (χ0n) is 17.4. The van der Waals surface area contributed by atoms with Crippen LogP contribution in [-0.2, 0) is 6.54 Å². The van der Waals surface area contributed by atoms with E-state index in [9.17, 15) is 0 Å². The van der Waals surface area contributed by atoms with Crippen molar-refractivity contribution in [2.75, 3.05) is 38.0 Å². The van der Waals surface area contributed by atoms with Crippen molar-refractivity contribution in [1.82, 2.24) is 24.8 Å². The van der Waals surface area contributed by atoms with Crippen LogP contribution >= 0.6 is 11.3 Å². The zero-order chi connectivity index (χ0) is 20.2. The molecule has 3 aromatic rings. The van der Waals surface area contributed by atoms with Crippen molar-refractivity contribution in [2.45, 2.75) is 27.3 Å². The molecule has 0 radical (unpaired) electrons. The number of hydrogen-bond donors (Lipinski definition) is 1. The summed E-state index contributed by atoms with van der Waals surface area (Å²) in [5.74, 6) is 0.595. The fourth-order valence-corrected chi connectivity index (χ4v) is 4.52. The highest BCUT2D eigenvalue weighted by molar-refractivity contribution is 7.09. The van der Waals surface area contributed by atoms with Gasteiger partial charge in [0.15, 0.2) is 0 Å². The molecule has 29 heavy (non-hydrogen) atoms. The summed E-state index contributed by atoms with van der Waals surface area (Å²) in [6.07, 6.45) is 1.79. The fourth-order valence-electron chi connectivity index (χ4n) is 3.69. The standard InChI is InChI=1S/C22H28N6S/c1-4-27-7-9-28(10-8-27)14-21-25-20(15-29-21)19-5-6-23-22(26-19)24-18-12-16(2)11-17(3)13-18/h5-6,11-13,15H,4,7-10,14H2,1-3H3,(H,23,24,26). The molecule has 1 N–H and O–H groups in total. The van der Waals surface area contributed by atoms with Gasteiger partial charge in [-0.15, -0.1) is 11.3 Å². The third-order valence-corrected chi connectivity index (χ3v) is 6.05. The number of nitrogens with one attached hydrogen (secondary N) is 1. The van der Waals surface area contributed by atoms with Crippen LogP contribution in [0.5, 0.6) is 0 Å². The van der Waals surface area contributed by atoms with Gasteiger partial charge >= 0.3 is 0 Å². The second kappa shape index (κ2) is 8.98. The van der Waals surface area contributed by atoms with Crippen LogP contribution in [0.4, 0.5) is 11.6 Å². The van der Waals surface area contributed by atoms with Crippen molar-refractivity contribution in [3.05, 3.63) is 52.0 Å². The smallest absolute Gasteiger partial charge is 0.227 e. The number of thiazole rings is 1. The average Bonchev–Trinajstić information content (AvgIpc) is 3.16. The lowest BCUT2D eigenvalue weighted by molar-refractivity contribution is 0.132. The molecule has 152 valence electrons. The highest BCUT2D eigenvalue weighted by atomic mass is 32.1. The van der Waals surface area contributed by atoms with E-state index in [1.54, 1.807) is 17.5 Å². The van der Waals surface area contributed by atoms with Crippen molar-refractivity contribution >= 4 is 23.0 Å². The quantitative estimate of drug-likeness (QED) is 0.663. The molecule has 2 aromatic heterocycles. The summed E-state index contributed by atoms with van der Waals surface area (Å²) in [4.78, 5) is 18.9. The Morgan fingerprint density at radius 3 is 2.41 bits per heavy atom. The summed E-state index contributed by atoms with van der Waals surface area (Å²) in [5, 5.41) is 6.56. The van der Waals surface area contributed by atoms with E-state index in [1.807, 2.05) is 6.07 Å². The molecule has 1 aliphatic heterocycles. The molecule has 6 nitrogen and oxygen atoms in total. The van der Waals surface area contributed by atoms with Crippen LogP contribution in [0.1, 0.15) is 23.1 Å². The van der Waals surface area contributed by atoms with Gasteiger partial charge in [0.25, 0.3) is 0 Å². The van der Waals surface area contributed by atoms with E-state index >= 15 is 0 Å². The van der Waals surface area contributed by atoms with E-state index in [4.69, 9.17) is 4.98 Å². The van der Waals surface area contributed by atoms with Gasteiger partial charge in [-0.1, -0.05) is 13.0 Å². The number of aryl methyl sites for hydroxylation is 2. The summed E-state index contributed by atoms with van der Waals surface area (Å²) >= 11 is 1.71. The first-order valence-electron chi connectivity index (χ1n) is 10.2. The highest BCUT2D eigenvalue weighted by Crippen LogP contribution is 2.23. The number of rotatable bonds is 6. The van der Waals surface area contributed by atoms with E-state index in [0.717, 1.165) is 61.4 Å². The molecule has 0 amide bonds. The molecule has 0 saturated carbocycles. The van der Waals surface area contributed by atoms with E-state index in [0.29, 0.717) is 5.95 Å². The van der Waals surface area contributed by atoms with Crippen molar-refractivity contribution < 1.29 is 0 Å². The Morgan fingerprint density at radius 1 is 0.966 bits per heavy atom. The molecular weight excluding hydrogens is 380 g/mol. The Hall–Kier alpha value is -2.35. The fraction of sp³-hybridized carbons (Fsp3) is 0.409. The molecule has 7 heteroatoms. The number of benzene rings is 1. The second-order valence-corrected chi connectivity index (χ2v) is 8.55. The Kier molecular flexibility index (Phi) is 6.18. The summed E-state index contributed by atoms with van der Waals surface area (Å²) < 4.78 is 0. The van der Waals surface area contributed by atoms with E-state index in [2.05, 4.69) is 69.4 Å². The van der Waals surface area contributed by atoms with E-state index in [1.165, 1.54) is 11.1 Å². The normalized spacial score (nSPS) is 15.6. The lowest BCUT2D eigenvalue weighted by atomic mass is 10.1. The lowest BCUT2D eigenvalue weighted by Crippen LogP contribution is -2.45. The molecule has 1 aliphatic rings. The summed E-state index contributed by atoms with van der Waals surface area (Å²) in [6.45, 7) is 13.0. The first-order chi connectivity index (χ1) is 14.1. The number of hydrogen-bond acceptors (Lipinski definition) is 7. The number of likely N-dealkylation sites (N-methyl/N-ethyl adjacent to an activating group) is 1.